The second kappa shape index (κ2) is 7.77. The zero-order chi connectivity index (χ0) is 18.5. The molecule has 2 N–H and O–H groups in total. The van der Waals surface area contributed by atoms with E-state index in [1.807, 2.05) is 29.2 Å². The van der Waals surface area contributed by atoms with Crippen molar-refractivity contribution in [2.24, 2.45) is 0 Å². The standard InChI is InChI=1S/C19H19N3O4/c23-17-5-2-8-22(17)12-14-4-1-3-13(9-14)11-21-18(24)15-6-7-20-16(10-15)19(25)26/h1,3-4,6-7,9-10H,2,5,8,11-12H2,(H,21,24)(H,25,26). The molecule has 0 bridgehead atoms. The fourth-order valence-corrected chi connectivity index (χ4v) is 2.90. The van der Waals surface area contributed by atoms with Gasteiger partial charge < -0.3 is 15.3 Å². The summed E-state index contributed by atoms with van der Waals surface area (Å²) in [6.45, 7) is 1.67. The summed E-state index contributed by atoms with van der Waals surface area (Å²) >= 11 is 0. The van der Waals surface area contributed by atoms with Crippen molar-refractivity contribution in [3.63, 3.8) is 0 Å². The maximum Gasteiger partial charge on any atom is 0.354 e. The molecule has 7 nitrogen and oxygen atoms in total. The summed E-state index contributed by atoms with van der Waals surface area (Å²) in [5.74, 6) is -1.37. The Labute approximate surface area is 150 Å². The average Bonchev–Trinajstić information content (AvgIpc) is 3.05. The maximum absolute atomic E-state index is 12.2. The predicted octanol–water partition coefficient (Wildman–Crippen LogP) is 1.83. The molecule has 0 unspecified atom stereocenters. The first-order valence-corrected chi connectivity index (χ1v) is 8.36. The van der Waals surface area contributed by atoms with Crippen LogP contribution in [0.25, 0.3) is 0 Å². The number of carbonyl (C=O) groups is 3. The third kappa shape index (κ3) is 4.24. The Hall–Kier alpha value is -3.22. The molecular weight excluding hydrogens is 334 g/mol. The largest absolute Gasteiger partial charge is 0.477 e. The number of aromatic nitrogens is 1. The van der Waals surface area contributed by atoms with E-state index in [9.17, 15) is 14.4 Å². The highest BCUT2D eigenvalue weighted by atomic mass is 16.4. The summed E-state index contributed by atoms with van der Waals surface area (Å²) in [4.78, 5) is 40.4. The summed E-state index contributed by atoms with van der Waals surface area (Å²) in [7, 11) is 0. The molecule has 7 heteroatoms. The van der Waals surface area contributed by atoms with Crippen molar-refractivity contribution < 1.29 is 19.5 Å². The van der Waals surface area contributed by atoms with Crippen LogP contribution < -0.4 is 5.32 Å². The van der Waals surface area contributed by atoms with E-state index in [0.29, 0.717) is 19.5 Å². The van der Waals surface area contributed by atoms with Crippen molar-refractivity contribution in [3.8, 4) is 0 Å². The van der Waals surface area contributed by atoms with Gasteiger partial charge in [0.1, 0.15) is 5.69 Å². The Balaban J connectivity index is 1.61. The van der Waals surface area contributed by atoms with Crippen LogP contribution in [0.4, 0.5) is 0 Å². The van der Waals surface area contributed by atoms with Gasteiger partial charge in [-0.1, -0.05) is 24.3 Å². The van der Waals surface area contributed by atoms with Gasteiger partial charge in [-0.15, -0.1) is 0 Å². The second-order valence-electron chi connectivity index (χ2n) is 6.16. The number of likely N-dealkylation sites (tertiary alicyclic amines) is 1. The lowest BCUT2D eigenvalue weighted by atomic mass is 10.1. The first-order chi connectivity index (χ1) is 12.5. The van der Waals surface area contributed by atoms with Crippen molar-refractivity contribution in [2.45, 2.75) is 25.9 Å². The van der Waals surface area contributed by atoms with Crippen LogP contribution in [0, 0.1) is 0 Å². The molecule has 1 saturated heterocycles. The Morgan fingerprint density at radius 1 is 1.19 bits per heavy atom. The third-order valence-electron chi connectivity index (χ3n) is 4.23. The van der Waals surface area contributed by atoms with Crippen LogP contribution in [-0.4, -0.2) is 39.3 Å². The van der Waals surface area contributed by atoms with E-state index in [2.05, 4.69) is 10.3 Å². The molecular formula is C19H19N3O4. The Kier molecular flexibility index (Phi) is 5.26. The van der Waals surface area contributed by atoms with Crippen LogP contribution in [0.1, 0.15) is 44.8 Å². The minimum absolute atomic E-state index is 0.171. The Morgan fingerprint density at radius 3 is 2.73 bits per heavy atom. The number of nitrogens with zero attached hydrogens (tertiary/aromatic N) is 2. The van der Waals surface area contributed by atoms with Crippen LogP contribution in [0.3, 0.4) is 0 Å². The van der Waals surface area contributed by atoms with E-state index in [0.717, 1.165) is 24.1 Å². The van der Waals surface area contributed by atoms with Gasteiger partial charge in [-0.05, 0) is 29.7 Å². The molecule has 1 fully saturated rings. The molecule has 1 aliphatic rings. The Morgan fingerprint density at radius 2 is 2.00 bits per heavy atom. The molecule has 2 heterocycles. The van der Waals surface area contributed by atoms with Gasteiger partial charge in [0, 0.05) is 37.8 Å². The smallest absolute Gasteiger partial charge is 0.354 e. The number of carboxylic acid groups (broad SMARTS) is 1. The third-order valence-corrected chi connectivity index (χ3v) is 4.23. The topological polar surface area (TPSA) is 99.6 Å². The van der Waals surface area contributed by atoms with E-state index >= 15 is 0 Å². The molecule has 26 heavy (non-hydrogen) atoms. The molecule has 134 valence electrons. The maximum atomic E-state index is 12.2. The molecule has 0 atom stereocenters. The summed E-state index contributed by atoms with van der Waals surface area (Å²) in [5.41, 5.74) is 2.00. The van der Waals surface area contributed by atoms with Crippen molar-refractivity contribution in [1.82, 2.24) is 15.2 Å². The highest BCUT2D eigenvalue weighted by Gasteiger charge is 2.20. The van der Waals surface area contributed by atoms with E-state index in [4.69, 9.17) is 5.11 Å². The van der Waals surface area contributed by atoms with E-state index in [1.165, 1.54) is 18.3 Å². The van der Waals surface area contributed by atoms with Gasteiger partial charge in [0.15, 0.2) is 0 Å². The number of hydrogen-bond acceptors (Lipinski definition) is 4. The van der Waals surface area contributed by atoms with Gasteiger partial charge in [-0.25, -0.2) is 9.78 Å². The van der Waals surface area contributed by atoms with Crippen LogP contribution >= 0.6 is 0 Å². The number of rotatable bonds is 6. The van der Waals surface area contributed by atoms with Gasteiger partial charge in [0.2, 0.25) is 5.91 Å². The van der Waals surface area contributed by atoms with Crippen molar-refractivity contribution in [1.29, 1.82) is 0 Å². The minimum Gasteiger partial charge on any atom is -0.477 e. The zero-order valence-corrected chi connectivity index (χ0v) is 14.1. The summed E-state index contributed by atoms with van der Waals surface area (Å²) in [5, 5.41) is 11.7. The lowest BCUT2D eigenvalue weighted by molar-refractivity contribution is -0.128. The first-order valence-electron chi connectivity index (χ1n) is 8.36. The van der Waals surface area contributed by atoms with Crippen LogP contribution in [0.5, 0.6) is 0 Å². The first kappa shape index (κ1) is 17.6. The molecule has 2 aromatic rings. The number of carboxylic acids is 1. The SMILES string of the molecule is O=C(NCc1cccc(CN2CCCC2=O)c1)c1ccnc(C(=O)O)c1. The fourth-order valence-electron chi connectivity index (χ4n) is 2.90. The number of carbonyl (C=O) groups excluding carboxylic acids is 2. The number of aromatic carboxylic acids is 1. The average molecular weight is 353 g/mol. The lowest BCUT2D eigenvalue weighted by Gasteiger charge is -2.16. The normalized spacial score (nSPS) is 13.7. The van der Waals surface area contributed by atoms with Crippen molar-refractivity contribution >= 4 is 17.8 Å². The van der Waals surface area contributed by atoms with Gasteiger partial charge in [0.25, 0.3) is 5.91 Å². The van der Waals surface area contributed by atoms with Gasteiger partial charge >= 0.3 is 5.97 Å². The summed E-state index contributed by atoms with van der Waals surface area (Å²) in [6.07, 6.45) is 2.81. The number of nitrogens with one attached hydrogen (secondary N) is 1. The van der Waals surface area contributed by atoms with Crippen molar-refractivity contribution in [3.05, 3.63) is 65.0 Å². The van der Waals surface area contributed by atoms with Gasteiger partial charge in [-0.3, -0.25) is 9.59 Å². The fraction of sp³-hybridized carbons (Fsp3) is 0.263. The van der Waals surface area contributed by atoms with E-state index in [1.54, 1.807) is 0 Å². The molecule has 2 amide bonds. The predicted molar refractivity (Wildman–Crippen MR) is 93.5 cm³/mol. The van der Waals surface area contributed by atoms with Crippen LogP contribution in [0.2, 0.25) is 0 Å². The zero-order valence-electron chi connectivity index (χ0n) is 14.1. The monoisotopic (exact) mass is 353 g/mol. The second-order valence-corrected chi connectivity index (χ2v) is 6.16. The molecule has 0 radical (unpaired) electrons. The number of benzene rings is 1. The highest BCUT2D eigenvalue weighted by molar-refractivity contribution is 5.96. The van der Waals surface area contributed by atoms with Crippen LogP contribution in [-0.2, 0) is 17.9 Å². The highest BCUT2D eigenvalue weighted by Crippen LogP contribution is 2.15. The lowest BCUT2D eigenvalue weighted by Crippen LogP contribution is -2.25. The quantitative estimate of drug-likeness (QED) is 0.825. The van der Waals surface area contributed by atoms with Gasteiger partial charge in [-0.2, -0.15) is 0 Å². The molecule has 0 saturated carbocycles. The molecule has 0 aliphatic carbocycles. The van der Waals surface area contributed by atoms with E-state index < -0.39 is 5.97 Å². The molecule has 1 aromatic heterocycles. The number of pyridine rings is 1. The summed E-state index contributed by atoms with van der Waals surface area (Å²) in [6, 6.07) is 10.4. The molecule has 1 aromatic carbocycles. The van der Waals surface area contributed by atoms with E-state index in [-0.39, 0.29) is 23.1 Å². The van der Waals surface area contributed by atoms with Crippen molar-refractivity contribution in [2.75, 3.05) is 6.54 Å². The van der Waals surface area contributed by atoms with Gasteiger partial charge in [0.05, 0.1) is 0 Å². The molecule has 0 spiro atoms. The number of amides is 2. The molecule has 3 rings (SSSR count). The minimum atomic E-state index is -1.18. The summed E-state index contributed by atoms with van der Waals surface area (Å²) < 4.78 is 0. The van der Waals surface area contributed by atoms with Crippen LogP contribution in [0.15, 0.2) is 42.6 Å². The molecule has 1 aliphatic heterocycles. The Bertz CT molecular complexity index is 850. The number of hydrogen-bond donors (Lipinski definition) is 2.